The predicted molar refractivity (Wildman–Crippen MR) is 114 cm³/mol. The SMILES string of the molecule is C=C1CC2COC(=O)C2(Cc2ccc(C(=O)NCC(O)c3ccc(Cl)cc3)cc2)C1. The van der Waals surface area contributed by atoms with Crippen LogP contribution in [0, 0.1) is 11.3 Å². The van der Waals surface area contributed by atoms with Gasteiger partial charge in [-0.05, 0) is 54.7 Å². The molecule has 1 heterocycles. The highest BCUT2D eigenvalue weighted by Gasteiger charge is 2.55. The Kier molecular flexibility index (Phi) is 5.67. The van der Waals surface area contributed by atoms with E-state index in [9.17, 15) is 14.7 Å². The van der Waals surface area contributed by atoms with Crippen LogP contribution in [-0.4, -0.2) is 30.1 Å². The number of rotatable bonds is 6. The topological polar surface area (TPSA) is 75.6 Å². The predicted octanol–water partition coefficient (Wildman–Crippen LogP) is 3.86. The Labute approximate surface area is 180 Å². The normalized spacial score (nSPS) is 23.7. The van der Waals surface area contributed by atoms with Gasteiger partial charge in [-0.1, -0.05) is 48.0 Å². The van der Waals surface area contributed by atoms with Crippen LogP contribution >= 0.6 is 11.6 Å². The number of esters is 1. The van der Waals surface area contributed by atoms with Crippen LogP contribution in [0.4, 0.5) is 0 Å². The molecule has 30 heavy (non-hydrogen) atoms. The van der Waals surface area contributed by atoms with Gasteiger partial charge in [-0.2, -0.15) is 0 Å². The van der Waals surface area contributed by atoms with Gasteiger partial charge >= 0.3 is 5.97 Å². The van der Waals surface area contributed by atoms with Crippen molar-refractivity contribution in [1.82, 2.24) is 5.32 Å². The van der Waals surface area contributed by atoms with E-state index < -0.39 is 11.5 Å². The van der Waals surface area contributed by atoms with E-state index in [2.05, 4.69) is 11.9 Å². The monoisotopic (exact) mass is 425 g/mol. The van der Waals surface area contributed by atoms with Gasteiger partial charge in [0, 0.05) is 23.0 Å². The molecule has 1 aliphatic carbocycles. The highest BCUT2D eigenvalue weighted by Crippen LogP contribution is 2.52. The molecule has 1 saturated heterocycles. The average Bonchev–Trinajstić information content (AvgIpc) is 3.20. The van der Waals surface area contributed by atoms with Gasteiger partial charge < -0.3 is 15.2 Å². The van der Waals surface area contributed by atoms with Crippen LogP contribution in [0.5, 0.6) is 0 Å². The number of fused-ring (bicyclic) bond motifs is 1. The molecule has 0 aromatic heterocycles. The summed E-state index contributed by atoms with van der Waals surface area (Å²) in [4.78, 5) is 24.9. The molecule has 156 valence electrons. The van der Waals surface area contributed by atoms with Crippen molar-refractivity contribution >= 4 is 23.5 Å². The molecule has 1 amide bonds. The van der Waals surface area contributed by atoms with Crippen LogP contribution in [0.1, 0.15) is 40.4 Å². The Morgan fingerprint density at radius 3 is 2.63 bits per heavy atom. The minimum Gasteiger partial charge on any atom is -0.465 e. The minimum atomic E-state index is -0.814. The van der Waals surface area contributed by atoms with Crippen LogP contribution in [0.15, 0.2) is 60.7 Å². The summed E-state index contributed by atoms with van der Waals surface area (Å²) < 4.78 is 5.33. The van der Waals surface area contributed by atoms with Gasteiger partial charge in [-0.15, -0.1) is 0 Å². The van der Waals surface area contributed by atoms with Gasteiger partial charge in [-0.3, -0.25) is 9.59 Å². The number of benzene rings is 2. The second kappa shape index (κ2) is 8.25. The minimum absolute atomic E-state index is 0.0982. The molecule has 2 fully saturated rings. The second-order valence-electron chi connectivity index (χ2n) is 8.23. The first kappa shape index (κ1) is 20.6. The Bertz CT molecular complexity index is 970. The Morgan fingerprint density at radius 1 is 1.23 bits per heavy atom. The lowest BCUT2D eigenvalue weighted by Crippen LogP contribution is -2.31. The van der Waals surface area contributed by atoms with Crippen molar-refractivity contribution < 1.29 is 19.4 Å². The molecule has 0 radical (unpaired) electrons. The van der Waals surface area contributed by atoms with Gasteiger partial charge in [-0.25, -0.2) is 0 Å². The number of cyclic esters (lactones) is 1. The molecule has 3 unspecified atom stereocenters. The van der Waals surface area contributed by atoms with E-state index in [1.165, 1.54) is 0 Å². The smallest absolute Gasteiger partial charge is 0.313 e. The summed E-state index contributed by atoms with van der Waals surface area (Å²) in [6.45, 7) is 4.63. The molecule has 4 rings (SSSR count). The van der Waals surface area contributed by atoms with Gasteiger partial charge in [0.2, 0.25) is 0 Å². The highest BCUT2D eigenvalue weighted by atomic mass is 35.5. The third-order valence-corrected chi connectivity index (χ3v) is 6.40. The number of carbonyl (C=O) groups excluding carboxylic acids is 2. The molecule has 3 atom stereocenters. The summed E-state index contributed by atoms with van der Waals surface area (Å²) in [5, 5.41) is 13.6. The zero-order chi connectivity index (χ0) is 21.3. The zero-order valence-electron chi connectivity index (χ0n) is 16.6. The number of carbonyl (C=O) groups is 2. The van der Waals surface area contributed by atoms with Crippen LogP contribution in [0.3, 0.4) is 0 Å². The van der Waals surface area contributed by atoms with E-state index >= 15 is 0 Å². The van der Waals surface area contributed by atoms with Crippen molar-refractivity contribution in [3.8, 4) is 0 Å². The summed E-state index contributed by atoms with van der Waals surface area (Å²) >= 11 is 5.85. The molecule has 0 bridgehead atoms. The van der Waals surface area contributed by atoms with Gasteiger partial charge in [0.15, 0.2) is 0 Å². The zero-order valence-corrected chi connectivity index (χ0v) is 17.3. The van der Waals surface area contributed by atoms with E-state index in [0.29, 0.717) is 35.6 Å². The lowest BCUT2D eigenvalue weighted by atomic mass is 9.75. The van der Waals surface area contributed by atoms with Gasteiger partial charge in [0.1, 0.15) is 0 Å². The molecule has 2 aromatic rings. The molecular weight excluding hydrogens is 402 g/mol. The molecule has 2 N–H and O–H groups in total. The maximum absolute atomic E-state index is 12.4. The Morgan fingerprint density at radius 2 is 1.93 bits per heavy atom. The first-order valence-electron chi connectivity index (χ1n) is 10.0. The third-order valence-electron chi connectivity index (χ3n) is 6.15. The second-order valence-corrected chi connectivity index (χ2v) is 8.67. The standard InChI is InChI=1S/C24H24ClNO4/c1-15-10-19-14-30-23(29)24(19,11-15)12-16-2-4-18(5-3-16)22(28)26-13-21(27)17-6-8-20(25)9-7-17/h2-9,19,21,27H,1,10-14H2,(H,26,28). The molecule has 1 aliphatic heterocycles. The number of halogens is 1. The van der Waals surface area contributed by atoms with Crippen molar-refractivity contribution in [3.05, 3.63) is 82.4 Å². The van der Waals surface area contributed by atoms with Crippen molar-refractivity contribution in [3.63, 3.8) is 0 Å². The number of ether oxygens (including phenoxy) is 1. The van der Waals surface area contributed by atoms with E-state index in [4.69, 9.17) is 16.3 Å². The lowest BCUT2D eigenvalue weighted by molar-refractivity contribution is -0.146. The van der Waals surface area contributed by atoms with Crippen molar-refractivity contribution in [1.29, 1.82) is 0 Å². The van der Waals surface area contributed by atoms with Crippen molar-refractivity contribution in [2.75, 3.05) is 13.2 Å². The molecule has 1 saturated carbocycles. The summed E-state index contributed by atoms with van der Waals surface area (Å²) in [6.07, 6.45) is 1.28. The number of amides is 1. The molecule has 6 heteroatoms. The van der Waals surface area contributed by atoms with E-state index in [0.717, 1.165) is 17.6 Å². The average molecular weight is 426 g/mol. The van der Waals surface area contributed by atoms with Crippen molar-refractivity contribution in [2.24, 2.45) is 11.3 Å². The first-order chi connectivity index (χ1) is 14.4. The molecule has 2 aliphatic rings. The van der Waals surface area contributed by atoms with E-state index in [-0.39, 0.29) is 24.3 Å². The molecule has 5 nitrogen and oxygen atoms in total. The number of hydrogen-bond donors (Lipinski definition) is 2. The fraction of sp³-hybridized carbons (Fsp3) is 0.333. The number of aliphatic hydroxyl groups is 1. The largest absolute Gasteiger partial charge is 0.465 e. The fourth-order valence-electron chi connectivity index (χ4n) is 4.50. The van der Waals surface area contributed by atoms with Crippen LogP contribution in [0.25, 0.3) is 0 Å². The van der Waals surface area contributed by atoms with E-state index in [1.54, 1.807) is 36.4 Å². The van der Waals surface area contributed by atoms with Crippen molar-refractivity contribution in [2.45, 2.75) is 25.4 Å². The first-order valence-corrected chi connectivity index (χ1v) is 10.4. The van der Waals surface area contributed by atoms with Crippen LogP contribution in [0.2, 0.25) is 5.02 Å². The maximum atomic E-state index is 12.4. The van der Waals surface area contributed by atoms with Crippen LogP contribution < -0.4 is 5.32 Å². The van der Waals surface area contributed by atoms with Gasteiger partial charge in [0.05, 0.1) is 18.1 Å². The molecule has 2 aromatic carbocycles. The number of hydrogen-bond acceptors (Lipinski definition) is 4. The summed E-state index contributed by atoms with van der Waals surface area (Å²) in [5.74, 6) is -0.209. The van der Waals surface area contributed by atoms with Gasteiger partial charge in [0.25, 0.3) is 5.91 Å². The quantitative estimate of drug-likeness (QED) is 0.544. The number of aliphatic hydroxyl groups excluding tert-OH is 1. The number of nitrogens with one attached hydrogen (secondary N) is 1. The fourth-order valence-corrected chi connectivity index (χ4v) is 4.62. The Balaban J connectivity index is 1.37. The summed E-state index contributed by atoms with van der Waals surface area (Å²) in [7, 11) is 0. The highest BCUT2D eigenvalue weighted by molar-refractivity contribution is 6.30. The lowest BCUT2D eigenvalue weighted by Gasteiger charge is -2.24. The molecule has 0 spiro atoms. The maximum Gasteiger partial charge on any atom is 0.313 e. The third kappa shape index (κ3) is 4.00. The summed E-state index contributed by atoms with van der Waals surface area (Å²) in [6, 6.07) is 14.1. The van der Waals surface area contributed by atoms with Crippen LogP contribution in [-0.2, 0) is 16.0 Å². The molecular formula is C24H24ClNO4. The Hall–Kier alpha value is -2.63. The summed E-state index contributed by atoms with van der Waals surface area (Å²) in [5.41, 5.74) is 2.77. The van der Waals surface area contributed by atoms with E-state index in [1.807, 2.05) is 12.1 Å². The number of allylic oxidation sites excluding steroid dienone is 1.